The number of ether oxygens (including phenoxy) is 1. The van der Waals surface area contributed by atoms with Crippen molar-refractivity contribution in [1.29, 1.82) is 0 Å². The summed E-state index contributed by atoms with van der Waals surface area (Å²) in [4.78, 5) is 0. The fourth-order valence-electron chi connectivity index (χ4n) is 1.95. The molecule has 2 aromatic rings. The monoisotopic (exact) mass is 260 g/mol. The Morgan fingerprint density at radius 3 is 2.79 bits per heavy atom. The molecule has 1 aromatic heterocycles. The van der Waals surface area contributed by atoms with E-state index in [4.69, 9.17) is 10.5 Å². The second kappa shape index (κ2) is 5.84. The molecule has 0 amide bonds. The molecule has 0 fully saturated rings. The number of nitrogens with zero attached hydrogens (tertiary/aromatic N) is 3. The fourth-order valence-corrected chi connectivity index (χ4v) is 1.95. The summed E-state index contributed by atoms with van der Waals surface area (Å²) in [6.07, 6.45) is 0. The predicted octanol–water partition coefficient (Wildman–Crippen LogP) is 1.95. The Hall–Kier alpha value is -1.88. The molecule has 2 rings (SSSR count). The quantitative estimate of drug-likeness (QED) is 0.892. The van der Waals surface area contributed by atoms with Crippen molar-refractivity contribution < 1.29 is 4.74 Å². The molecule has 1 heterocycles. The number of nitrogens with two attached hydrogens (primary N) is 1. The number of aromatic nitrogens is 3. The van der Waals surface area contributed by atoms with Crippen LogP contribution in [0, 0.1) is 13.8 Å². The Balaban J connectivity index is 2.18. The van der Waals surface area contributed by atoms with Crippen molar-refractivity contribution in [3.05, 3.63) is 40.7 Å². The minimum absolute atomic E-state index is 0.380. The summed E-state index contributed by atoms with van der Waals surface area (Å²) in [5.41, 5.74) is 9.72. The third-order valence-corrected chi connectivity index (χ3v) is 3.12. The van der Waals surface area contributed by atoms with Gasteiger partial charge >= 0.3 is 0 Å². The van der Waals surface area contributed by atoms with Gasteiger partial charge in [0.15, 0.2) is 0 Å². The Kier molecular flexibility index (Phi) is 4.16. The summed E-state index contributed by atoms with van der Waals surface area (Å²) >= 11 is 0. The zero-order chi connectivity index (χ0) is 13.8. The number of hydrogen-bond donors (Lipinski definition) is 1. The van der Waals surface area contributed by atoms with Crippen LogP contribution < -0.4 is 10.5 Å². The van der Waals surface area contributed by atoms with Gasteiger partial charge in [-0.15, -0.1) is 5.10 Å². The largest absolute Gasteiger partial charge is 0.487 e. The number of aryl methyl sites for hydroxylation is 3. The molecule has 0 aliphatic heterocycles. The first-order valence-electron chi connectivity index (χ1n) is 6.47. The van der Waals surface area contributed by atoms with E-state index < -0.39 is 0 Å². The van der Waals surface area contributed by atoms with E-state index in [1.807, 2.05) is 24.6 Å². The topological polar surface area (TPSA) is 66.0 Å². The van der Waals surface area contributed by atoms with Crippen LogP contribution in [0.3, 0.4) is 0 Å². The zero-order valence-corrected chi connectivity index (χ0v) is 11.7. The molecule has 0 aliphatic rings. The summed E-state index contributed by atoms with van der Waals surface area (Å²) in [6.45, 7) is 7.70. The molecule has 0 radical (unpaired) electrons. The summed E-state index contributed by atoms with van der Waals surface area (Å²) < 4.78 is 7.72. The van der Waals surface area contributed by atoms with Crippen LogP contribution in [0.15, 0.2) is 18.2 Å². The minimum Gasteiger partial charge on any atom is -0.487 e. The maximum Gasteiger partial charge on any atom is 0.132 e. The van der Waals surface area contributed by atoms with Crippen molar-refractivity contribution in [3.8, 4) is 5.75 Å². The van der Waals surface area contributed by atoms with E-state index in [0.717, 1.165) is 29.2 Å². The SMILES string of the molecule is CCn1nnc(CN)c1COc1cc(C)ccc1C. The van der Waals surface area contributed by atoms with E-state index in [1.165, 1.54) is 5.56 Å². The summed E-state index contributed by atoms with van der Waals surface area (Å²) in [6, 6.07) is 6.17. The highest BCUT2D eigenvalue weighted by Gasteiger charge is 2.11. The third kappa shape index (κ3) is 2.93. The van der Waals surface area contributed by atoms with Gasteiger partial charge in [0.25, 0.3) is 0 Å². The molecular formula is C14H20N4O. The highest BCUT2D eigenvalue weighted by Crippen LogP contribution is 2.20. The second-order valence-electron chi connectivity index (χ2n) is 4.56. The van der Waals surface area contributed by atoms with Crippen LogP contribution in [-0.4, -0.2) is 15.0 Å². The van der Waals surface area contributed by atoms with Crippen molar-refractivity contribution in [2.24, 2.45) is 5.73 Å². The van der Waals surface area contributed by atoms with Crippen LogP contribution in [0.2, 0.25) is 0 Å². The first kappa shape index (κ1) is 13.5. The molecule has 5 nitrogen and oxygen atoms in total. The lowest BCUT2D eigenvalue weighted by atomic mass is 10.1. The Labute approximate surface area is 113 Å². The minimum atomic E-state index is 0.380. The molecule has 102 valence electrons. The Morgan fingerprint density at radius 1 is 1.32 bits per heavy atom. The van der Waals surface area contributed by atoms with E-state index >= 15 is 0 Å². The van der Waals surface area contributed by atoms with E-state index in [1.54, 1.807) is 0 Å². The van der Waals surface area contributed by atoms with Gasteiger partial charge < -0.3 is 10.5 Å². The molecule has 0 saturated carbocycles. The molecule has 0 saturated heterocycles. The Bertz CT molecular complexity index is 541. The molecule has 5 heteroatoms. The van der Waals surface area contributed by atoms with Crippen molar-refractivity contribution in [1.82, 2.24) is 15.0 Å². The van der Waals surface area contributed by atoms with Crippen molar-refractivity contribution in [2.75, 3.05) is 0 Å². The van der Waals surface area contributed by atoms with Gasteiger partial charge in [0.1, 0.15) is 23.7 Å². The summed E-state index contributed by atoms with van der Waals surface area (Å²) in [5.74, 6) is 0.895. The van der Waals surface area contributed by atoms with Gasteiger partial charge in [-0.25, -0.2) is 4.68 Å². The van der Waals surface area contributed by atoms with E-state index in [2.05, 4.69) is 29.4 Å². The van der Waals surface area contributed by atoms with Crippen molar-refractivity contribution in [3.63, 3.8) is 0 Å². The molecule has 0 aliphatic carbocycles. The van der Waals surface area contributed by atoms with Gasteiger partial charge in [-0.1, -0.05) is 17.3 Å². The number of benzene rings is 1. The lowest BCUT2D eigenvalue weighted by molar-refractivity contribution is 0.289. The molecule has 1 aromatic carbocycles. The van der Waals surface area contributed by atoms with Crippen LogP contribution in [0.25, 0.3) is 0 Å². The van der Waals surface area contributed by atoms with Crippen molar-refractivity contribution in [2.45, 2.75) is 40.5 Å². The first-order chi connectivity index (χ1) is 9.15. The van der Waals surface area contributed by atoms with Gasteiger partial charge in [0.2, 0.25) is 0 Å². The predicted molar refractivity (Wildman–Crippen MR) is 73.8 cm³/mol. The third-order valence-electron chi connectivity index (χ3n) is 3.12. The fraction of sp³-hybridized carbons (Fsp3) is 0.429. The van der Waals surface area contributed by atoms with E-state index in [9.17, 15) is 0 Å². The standard InChI is InChI=1S/C14H20N4O/c1-4-18-13(12(8-15)16-17-18)9-19-14-7-10(2)5-6-11(14)3/h5-7H,4,8-9,15H2,1-3H3. The average molecular weight is 260 g/mol. The summed E-state index contributed by atoms with van der Waals surface area (Å²) in [7, 11) is 0. The van der Waals surface area contributed by atoms with Crippen LogP contribution >= 0.6 is 0 Å². The van der Waals surface area contributed by atoms with Crippen LogP contribution in [0.5, 0.6) is 5.75 Å². The lowest BCUT2D eigenvalue weighted by Gasteiger charge is -2.11. The normalized spacial score (nSPS) is 10.7. The average Bonchev–Trinajstić information content (AvgIpc) is 2.81. The molecule has 0 bridgehead atoms. The smallest absolute Gasteiger partial charge is 0.132 e. The van der Waals surface area contributed by atoms with Crippen molar-refractivity contribution >= 4 is 0 Å². The van der Waals surface area contributed by atoms with Gasteiger partial charge in [0, 0.05) is 13.1 Å². The highest BCUT2D eigenvalue weighted by molar-refractivity contribution is 5.36. The zero-order valence-electron chi connectivity index (χ0n) is 11.7. The van der Waals surface area contributed by atoms with Crippen LogP contribution in [0.1, 0.15) is 29.4 Å². The number of hydrogen-bond acceptors (Lipinski definition) is 4. The second-order valence-corrected chi connectivity index (χ2v) is 4.56. The molecule has 2 N–H and O–H groups in total. The van der Waals surface area contributed by atoms with Crippen LogP contribution in [0.4, 0.5) is 0 Å². The van der Waals surface area contributed by atoms with Gasteiger partial charge in [-0.05, 0) is 38.0 Å². The van der Waals surface area contributed by atoms with Gasteiger partial charge in [-0.2, -0.15) is 0 Å². The lowest BCUT2D eigenvalue weighted by Crippen LogP contribution is -2.10. The van der Waals surface area contributed by atoms with E-state index in [0.29, 0.717) is 13.2 Å². The highest BCUT2D eigenvalue weighted by atomic mass is 16.5. The molecule has 0 spiro atoms. The first-order valence-corrected chi connectivity index (χ1v) is 6.47. The maximum atomic E-state index is 5.89. The molecule has 0 unspecified atom stereocenters. The van der Waals surface area contributed by atoms with Crippen LogP contribution in [-0.2, 0) is 19.7 Å². The van der Waals surface area contributed by atoms with E-state index in [-0.39, 0.29) is 0 Å². The molecular weight excluding hydrogens is 240 g/mol. The number of rotatable bonds is 5. The summed E-state index contributed by atoms with van der Waals surface area (Å²) in [5, 5.41) is 8.13. The molecule has 19 heavy (non-hydrogen) atoms. The van der Waals surface area contributed by atoms with Gasteiger partial charge in [0.05, 0.1) is 0 Å². The molecule has 0 atom stereocenters. The Morgan fingerprint density at radius 2 is 2.11 bits per heavy atom. The van der Waals surface area contributed by atoms with Gasteiger partial charge in [-0.3, -0.25) is 0 Å². The maximum absolute atomic E-state index is 5.89.